The van der Waals surface area contributed by atoms with Crippen LogP contribution in [0.5, 0.6) is 0 Å². The van der Waals surface area contributed by atoms with Crippen molar-refractivity contribution >= 4 is 34.1 Å². The minimum atomic E-state index is -1.88. The van der Waals surface area contributed by atoms with Crippen LogP contribution in [0.3, 0.4) is 0 Å². The first-order valence-corrected chi connectivity index (χ1v) is 4.74. The minimum Gasteiger partial charge on any atom is -0.379 e. The molecule has 1 rings (SSSR count). The molecule has 1 aliphatic heterocycles. The number of hydrogen-bond acceptors (Lipinski definition) is 8. The molecule has 1 saturated heterocycles. The van der Waals surface area contributed by atoms with Crippen molar-refractivity contribution in [1.82, 2.24) is 0 Å². The summed E-state index contributed by atoms with van der Waals surface area (Å²) in [5.41, 5.74) is 0. The number of hydrogen-bond donors (Lipinski definition) is 2. The molecule has 0 aromatic heterocycles. The first-order chi connectivity index (χ1) is 5.63. The summed E-state index contributed by atoms with van der Waals surface area (Å²) >= 11 is 0.999. The van der Waals surface area contributed by atoms with E-state index in [4.69, 9.17) is 10.2 Å². The van der Waals surface area contributed by atoms with Crippen molar-refractivity contribution in [3.05, 3.63) is 0 Å². The van der Waals surface area contributed by atoms with Gasteiger partial charge in [0.15, 0.2) is 34.4 Å². The van der Waals surface area contributed by atoms with Crippen LogP contribution in [0.15, 0.2) is 0 Å². The third-order valence-corrected chi connectivity index (χ3v) is 2.14. The van der Waals surface area contributed by atoms with E-state index in [-0.39, 0.29) is 0 Å². The Hall–Kier alpha value is -0.440. The van der Waals surface area contributed by atoms with Crippen LogP contribution in [-0.4, -0.2) is 34.4 Å². The van der Waals surface area contributed by atoms with Gasteiger partial charge >= 0.3 is 11.9 Å². The van der Waals surface area contributed by atoms with Gasteiger partial charge in [0, 0.05) is 0 Å². The highest BCUT2D eigenvalue weighted by Crippen LogP contribution is 2.27. The average Bonchev–Trinajstić information content (AvgIpc) is 2.07. The smallest absolute Gasteiger partial charge is 0.351 e. The van der Waals surface area contributed by atoms with E-state index >= 15 is 0 Å². The van der Waals surface area contributed by atoms with Gasteiger partial charge in [-0.15, -0.1) is 0 Å². The molecular formula is C4H4O6S2. The predicted octanol–water partition coefficient (Wildman–Crippen LogP) is -0.980. The van der Waals surface area contributed by atoms with Gasteiger partial charge in [0.05, 0.1) is 0 Å². The molecule has 1 heterocycles. The van der Waals surface area contributed by atoms with Crippen molar-refractivity contribution in [2.75, 3.05) is 0 Å². The summed E-state index contributed by atoms with van der Waals surface area (Å²) in [7, 11) is 0. The summed E-state index contributed by atoms with van der Waals surface area (Å²) in [6.45, 7) is 0. The topological polar surface area (TPSA) is 93.1 Å². The van der Waals surface area contributed by atoms with Gasteiger partial charge in [-0.1, -0.05) is 0 Å². The first-order valence-electron chi connectivity index (χ1n) is 2.74. The van der Waals surface area contributed by atoms with Gasteiger partial charge in [-0.3, -0.25) is 0 Å². The molecule has 0 aliphatic carbocycles. The Labute approximate surface area is 75.0 Å². The molecule has 2 N–H and O–H groups in total. The van der Waals surface area contributed by atoms with Gasteiger partial charge in [0.25, 0.3) is 0 Å². The Bertz CT molecular complexity index is 184. The van der Waals surface area contributed by atoms with Gasteiger partial charge in [-0.2, -0.15) is 0 Å². The monoisotopic (exact) mass is 212 g/mol. The van der Waals surface area contributed by atoms with Crippen LogP contribution in [0.2, 0.25) is 0 Å². The second-order valence-electron chi connectivity index (χ2n) is 1.83. The quantitative estimate of drug-likeness (QED) is 0.391. The molecule has 68 valence electrons. The molecule has 0 saturated carbocycles. The van der Waals surface area contributed by atoms with Crippen molar-refractivity contribution in [3.8, 4) is 0 Å². The van der Waals surface area contributed by atoms with E-state index in [9.17, 15) is 9.59 Å². The molecule has 1 fully saturated rings. The summed E-state index contributed by atoms with van der Waals surface area (Å²) in [5.74, 6) is -2.15. The Morgan fingerprint density at radius 3 is 1.67 bits per heavy atom. The minimum absolute atomic E-state index is 0.500. The molecule has 0 amide bonds. The van der Waals surface area contributed by atoms with Crippen LogP contribution in [0.4, 0.5) is 0 Å². The highest BCUT2D eigenvalue weighted by Gasteiger charge is 2.35. The predicted molar refractivity (Wildman–Crippen MR) is 39.4 cm³/mol. The fourth-order valence-corrected chi connectivity index (χ4v) is 1.41. The van der Waals surface area contributed by atoms with Crippen molar-refractivity contribution in [2.45, 2.75) is 12.2 Å². The number of carbonyl (C=O) groups excluding carboxylic acids is 2. The lowest BCUT2D eigenvalue weighted by molar-refractivity contribution is -0.161. The lowest BCUT2D eigenvalue weighted by Crippen LogP contribution is -2.41. The van der Waals surface area contributed by atoms with E-state index in [0.29, 0.717) is 22.1 Å². The fraction of sp³-hybridized carbons (Fsp3) is 0.500. The maximum Gasteiger partial charge on any atom is 0.351 e. The second-order valence-corrected chi connectivity index (χ2v) is 3.25. The van der Waals surface area contributed by atoms with E-state index in [2.05, 4.69) is 8.37 Å². The molecule has 0 bridgehead atoms. The zero-order valence-corrected chi connectivity index (χ0v) is 7.13. The van der Waals surface area contributed by atoms with Crippen LogP contribution in [0, 0.1) is 0 Å². The third-order valence-electron chi connectivity index (χ3n) is 1.04. The Morgan fingerprint density at radius 2 is 1.33 bits per heavy atom. The maximum absolute atomic E-state index is 10.6. The SMILES string of the molecule is O=C1OSSOC(=O)C(O)C1O. The van der Waals surface area contributed by atoms with E-state index in [1.54, 1.807) is 0 Å². The molecule has 2 atom stereocenters. The Kier molecular flexibility index (Phi) is 3.20. The van der Waals surface area contributed by atoms with E-state index in [1.807, 2.05) is 0 Å². The average molecular weight is 212 g/mol. The lowest BCUT2D eigenvalue weighted by Gasteiger charge is -2.16. The van der Waals surface area contributed by atoms with E-state index < -0.39 is 24.1 Å². The summed E-state index contributed by atoms with van der Waals surface area (Å²) in [4.78, 5) is 21.3. The number of carbonyl (C=O) groups is 2. The van der Waals surface area contributed by atoms with Crippen LogP contribution in [-0.2, 0) is 18.0 Å². The molecular weight excluding hydrogens is 208 g/mol. The number of aliphatic hydroxyl groups is 2. The van der Waals surface area contributed by atoms with Crippen LogP contribution < -0.4 is 0 Å². The molecule has 1 aliphatic rings. The Balaban J connectivity index is 2.67. The van der Waals surface area contributed by atoms with Crippen molar-refractivity contribution < 1.29 is 28.2 Å². The lowest BCUT2D eigenvalue weighted by atomic mass is 10.2. The van der Waals surface area contributed by atoms with Crippen LogP contribution in [0.25, 0.3) is 0 Å². The first kappa shape index (κ1) is 9.65. The third kappa shape index (κ3) is 2.03. The highest BCUT2D eigenvalue weighted by atomic mass is 33.1. The van der Waals surface area contributed by atoms with Gasteiger partial charge in [-0.05, 0) is 0 Å². The highest BCUT2D eigenvalue weighted by molar-refractivity contribution is 8.73. The molecule has 12 heavy (non-hydrogen) atoms. The summed E-state index contributed by atoms with van der Waals surface area (Å²) in [5, 5.41) is 17.7. The normalized spacial score (nSPS) is 31.5. The zero-order valence-electron chi connectivity index (χ0n) is 5.50. The van der Waals surface area contributed by atoms with Crippen molar-refractivity contribution in [1.29, 1.82) is 0 Å². The molecule has 2 unspecified atom stereocenters. The Morgan fingerprint density at radius 1 is 1.00 bits per heavy atom. The zero-order chi connectivity index (χ0) is 9.14. The summed E-state index contributed by atoms with van der Waals surface area (Å²) in [6.07, 6.45) is -3.77. The van der Waals surface area contributed by atoms with E-state index in [0.717, 1.165) is 0 Å². The van der Waals surface area contributed by atoms with Gasteiger partial charge in [0.1, 0.15) is 0 Å². The van der Waals surface area contributed by atoms with Crippen LogP contribution >= 0.6 is 22.1 Å². The number of aliphatic hydroxyl groups excluding tert-OH is 2. The van der Waals surface area contributed by atoms with Crippen LogP contribution in [0.1, 0.15) is 0 Å². The molecule has 0 radical (unpaired) electrons. The second kappa shape index (κ2) is 3.99. The molecule has 8 heteroatoms. The van der Waals surface area contributed by atoms with Crippen molar-refractivity contribution in [3.63, 3.8) is 0 Å². The fourth-order valence-electron chi connectivity index (χ4n) is 0.451. The maximum atomic E-state index is 10.6. The van der Waals surface area contributed by atoms with Gasteiger partial charge < -0.3 is 18.6 Å². The molecule has 0 spiro atoms. The summed E-state index contributed by atoms with van der Waals surface area (Å²) in [6, 6.07) is 0. The van der Waals surface area contributed by atoms with Gasteiger partial charge in [0.2, 0.25) is 0 Å². The standard InChI is InChI=1S/C4H4O6S2/c5-1-2(6)4(8)10-12-11-9-3(1)7/h1-2,5-6H. The van der Waals surface area contributed by atoms with Crippen molar-refractivity contribution in [2.24, 2.45) is 0 Å². The largest absolute Gasteiger partial charge is 0.379 e. The van der Waals surface area contributed by atoms with Gasteiger partial charge in [-0.25, -0.2) is 9.59 Å². The number of rotatable bonds is 0. The summed E-state index contributed by atoms with van der Waals surface area (Å²) < 4.78 is 8.53. The molecule has 6 nitrogen and oxygen atoms in total. The molecule has 0 aromatic carbocycles. The van der Waals surface area contributed by atoms with E-state index in [1.165, 1.54) is 0 Å². The molecule has 0 aromatic rings.